The average Bonchev–Trinajstić information content (AvgIpc) is 2.15. The topological polar surface area (TPSA) is 27.1 Å². The molecule has 0 saturated carbocycles. The molecule has 1 heterocycles. The minimum absolute atomic E-state index is 0.725. The maximum atomic E-state index is 7.32. The molecule has 0 radical (unpaired) electrons. The van der Waals surface area contributed by atoms with Gasteiger partial charge in [-0.2, -0.15) is 0 Å². The molecule has 0 aromatic carbocycles. The highest BCUT2D eigenvalue weighted by Crippen LogP contribution is 2.22. The number of likely N-dealkylation sites (tertiary alicyclic amines) is 1. The fraction of sp³-hybridized carbons (Fsp3) is 0.700. The zero-order chi connectivity index (χ0) is 9.68. The Morgan fingerprint density at radius 1 is 1.38 bits per heavy atom. The Labute approximate surface area is 84.9 Å². The van der Waals surface area contributed by atoms with Gasteiger partial charge in [-0.3, -0.25) is 0 Å². The first-order valence-electron chi connectivity index (χ1n) is 4.81. The highest BCUT2D eigenvalue weighted by Gasteiger charge is 2.11. The standard InChI is InChI=1S/C10H18N2S/c1-9(11)8-13-10(2)12-6-4-3-5-7-12/h11H,2-8H2,1H3. The van der Waals surface area contributed by atoms with E-state index < -0.39 is 0 Å². The summed E-state index contributed by atoms with van der Waals surface area (Å²) in [4.78, 5) is 2.34. The molecular weight excluding hydrogens is 180 g/mol. The Bertz CT molecular complexity index is 195. The Morgan fingerprint density at radius 2 is 2.00 bits per heavy atom. The van der Waals surface area contributed by atoms with E-state index in [1.807, 2.05) is 6.92 Å². The number of thioether (sulfide) groups is 1. The van der Waals surface area contributed by atoms with Gasteiger partial charge in [0.15, 0.2) is 0 Å². The highest BCUT2D eigenvalue weighted by atomic mass is 32.2. The smallest absolute Gasteiger partial charge is 0.0637 e. The third kappa shape index (κ3) is 3.85. The van der Waals surface area contributed by atoms with Crippen LogP contribution in [0.1, 0.15) is 26.2 Å². The Balaban J connectivity index is 2.25. The predicted molar refractivity (Wildman–Crippen MR) is 60.4 cm³/mol. The zero-order valence-electron chi connectivity index (χ0n) is 8.31. The zero-order valence-corrected chi connectivity index (χ0v) is 9.12. The first kappa shape index (κ1) is 10.6. The fourth-order valence-electron chi connectivity index (χ4n) is 1.43. The van der Waals surface area contributed by atoms with Crippen LogP contribution in [0.2, 0.25) is 0 Å². The SMILES string of the molecule is C=C(SCC(C)=N)N1CCCCC1. The van der Waals surface area contributed by atoms with Gasteiger partial charge in [0.1, 0.15) is 0 Å². The molecule has 1 rings (SSSR count). The molecule has 0 atom stereocenters. The van der Waals surface area contributed by atoms with Crippen molar-refractivity contribution in [3.8, 4) is 0 Å². The van der Waals surface area contributed by atoms with Crippen LogP contribution < -0.4 is 0 Å². The summed E-state index contributed by atoms with van der Waals surface area (Å²) in [5.41, 5.74) is 0.725. The van der Waals surface area contributed by atoms with Gasteiger partial charge in [-0.25, -0.2) is 0 Å². The van der Waals surface area contributed by atoms with E-state index >= 15 is 0 Å². The number of nitrogens with zero attached hydrogens (tertiary/aromatic N) is 1. The summed E-state index contributed by atoms with van der Waals surface area (Å²) >= 11 is 1.70. The second-order valence-electron chi connectivity index (χ2n) is 3.51. The fourth-order valence-corrected chi connectivity index (χ4v) is 2.17. The third-order valence-electron chi connectivity index (χ3n) is 2.16. The van der Waals surface area contributed by atoms with Crippen molar-refractivity contribution in [2.24, 2.45) is 0 Å². The molecule has 0 bridgehead atoms. The number of rotatable bonds is 4. The largest absolute Gasteiger partial charge is 0.367 e. The normalized spacial score (nSPS) is 17.2. The van der Waals surface area contributed by atoms with Gasteiger partial charge in [0.05, 0.1) is 5.03 Å². The molecule has 0 aliphatic carbocycles. The van der Waals surface area contributed by atoms with Gasteiger partial charge in [-0.1, -0.05) is 6.58 Å². The summed E-state index contributed by atoms with van der Waals surface area (Å²) in [5.74, 6) is 0.787. The van der Waals surface area contributed by atoms with Crippen LogP contribution in [-0.4, -0.2) is 29.5 Å². The van der Waals surface area contributed by atoms with Crippen LogP contribution in [0.4, 0.5) is 0 Å². The van der Waals surface area contributed by atoms with Crippen molar-refractivity contribution in [1.82, 2.24) is 4.90 Å². The van der Waals surface area contributed by atoms with E-state index in [1.54, 1.807) is 11.8 Å². The lowest BCUT2D eigenvalue weighted by Crippen LogP contribution is -2.27. The van der Waals surface area contributed by atoms with Gasteiger partial charge in [0, 0.05) is 24.6 Å². The Hall–Kier alpha value is -0.440. The second-order valence-corrected chi connectivity index (χ2v) is 4.56. The maximum Gasteiger partial charge on any atom is 0.0637 e. The quantitative estimate of drug-likeness (QED) is 0.703. The predicted octanol–water partition coefficient (Wildman–Crippen LogP) is 2.72. The van der Waals surface area contributed by atoms with Crippen molar-refractivity contribution in [2.75, 3.05) is 18.8 Å². The molecule has 0 spiro atoms. The lowest BCUT2D eigenvalue weighted by atomic mass is 10.1. The molecular formula is C10H18N2S. The Morgan fingerprint density at radius 3 is 2.54 bits per heavy atom. The number of nitrogens with one attached hydrogen (secondary N) is 1. The van der Waals surface area contributed by atoms with Crippen molar-refractivity contribution in [1.29, 1.82) is 5.41 Å². The summed E-state index contributed by atoms with van der Waals surface area (Å²) in [5, 5.41) is 8.47. The molecule has 1 aliphatic heterocycles. The van der Waals surface area contributed by atoms with E-state index in [0.717, 1.165) is 29.6 Å². The third-order valence-corrected chi connectivity index (χ3v) is 3.33. The molecule has 1 aliphatic rings. The van der Waals surface area contributed by atoms with Crippen molar-refractivity contribution >= 4 is 17.5 Å². The highest BCUT2D eigenvalue weighted by molar-refractivity contribution is 8.03. The van der Waals surface area contributed by atoms with Crippen molar-refractivity contribution in [3.05, 3.63) is 11.6 Å². The van der Waals surface area contributed by atoms with Crippen LogP contribution in [0.3, 0.4) is 0 Å². The number of hydrogen-bond donors (Lipinski definition) is 1. The molecule has 0 amide bonds. The minimum atomic E-state index is 0.725. The molecule has 1 fully saturated rings. The van der Waals surface area contributed by atoms with Crippen LogP contribution in [0.15, 0.2) is 11.6 Å². The van der Waals surface area contributed by atoms with Gasteiger partial charge >= 0.3 is 0 Å². The van der Waals surface area contributed by atoms with Crippen LogP contribution in [0, 0.1) is 5.41 Å². The van der Waals surface area contributed by atoms with Crippen LogP contribution in [0.25, 0.3) is 0 Å². The van der Waals surface area contributed by atoms with E-state index in [9.17, 15) is 0 Å². The van der Waals surface area contributed by atoms with Crippen molar-refractivity contribution in [3.63, 3.8) is 0 Å². The molecule has 1 N–H and O–H groups in total. The lowest BCUT2D eigenvalue weighted by molar-refractivity contribution is 0.303. The van der Waals surface area contributed by atoms with Crippen LogP contribution in [-0.2, 0) is 0 Å². The summed E-state index contributed by atoms with van der Waals surface area (Å²) in [6.07, 6.45) is 3.95. The van der Waals surface area contributed by atoms with E-state index in [-0.39, 0.29) is 0 Å². The van der Waals surface area contributed by atoms with Gasteiger partial charge in [-0.05, 0) is 26.2 Å². The first-order chi connectivity index (χ1) is 6.20. The van der Waals surface area contributed by atoms with Gasteiger partial charge < -0.3 is 10.3 Å². The summed E-state index contributed by atoms with van der Waals surface area (Å²) in [6, 6.07) is 0. The van der Waals surface area contributed by atoms with Gasteiger partial charge in [0.25, 0.3) is 0 Å². The number of piperidine rings is 1. The van der Waals surface area contributed by atoms with Crippen LogP contribution >= 0.6 is 11.8 Å². The molecule has 2 nitrogen and oxygen atoms in total. The van der Waals surface area contributed by atoms with E-state index in [0.29, 0.717) is 0 Å². The summed E-state index contributed by atoms with van der Waals surface area (Å²) in [6.45, 7) is 8.20. The first-order valence-corrected chi connectivity index (χ1v) is 5.79. The summed E-state index contributed by atoms with van der Waals surface area (Å²) < 4.78 is 0. The molecule has 0 aromatic rings. The average molecular weight is 198 g/mol. The van der Waals surface area contributed by atoms with E-state index in [1.165, 1.54) is 19.3 Å². The lowest BCUT2D eigenvalue weighted by Gasteiger charge is -2.29. The van der Waals surface area contributed by atoms with Crippen molar-refractivity contribution < 1.29 is 0 Å². The van der Waals surface area contributed by atoms with Gasteiger partial charge in [0.2, 0.25) is 0 Å². The number of hydrogen-bond acceptors (Lipinski definition) is 3. The molecule has 0 unspecified atom stereocenters. The Kier molecular flexibility index (Phi) is 4.36. The summed E-state index contributed by atoms with van der Waals surface area (Å²) in [7, 11) is 0. The molecule has 13 heavy (non-hydrogen) atoms. The monoisotopic (exact) mass is 198 g/mol. The molecule has 3 heteroatoms. The van der Waals surface area contributed by atoms with E-state index in [4.69, 9.17) is 5.41 Å². The maximum absolute atomic E-state index is 7.32. The minimum Gasteiger partial charge on any atom is -0.367 e. The molecule has 74 valence electrons. The van der Waals surface area contributed by atoms with Crippen molar-refractivity contribution in [2.45, 2.75) is 26.2 Å². The van der Waals surface area contributed by atoms with E-state index in [2.05, 4.69) is 11.5 Å². The molecule has 0 aromatic heterocycles. The van der Waals surface area contributed by atoms with Crippen LogP contribution in [0.5, 0.6) is 0 Å². The van der Waals surface area contributed by atoms with Gasteiger partial charge in [-0.15, -0.1) is 11.8 Å². The molecule has 1 saturated heterocycles. The second kappa shape index (κ2) is 5.32.